The topological polar surface area (TPSA) is 3.24 Å². The molecule has 2 fully saturated rings. The van der Waals surface area contributed by atoms with Gasteiger partial charge in [-0.3, -0.25) is 4.90 Å². The molecule has 2 bridgehead atoms. The zero-order valence-corrected chi connectivity index (χ0v) is 19.4. The molecule has 2 aliphatic carbocycles. The van der Waals surface area contributed by atoms with Crippen LogP contribution in [-0.2, 0) is 5.41 Å². The van der Waals surface area contributed by atoms with Gasteiger partial charge in [0.15, 0.2) is 0 Å². The molecule has 150 valence electrons. The number of likely N-dealkylation sites (tertiary alicyclic amines) is 1. The number of likely N-dealkylation sites (N-methyl/N-ethyl adjacent to an activating group) is 1. The summed E-state index contributed by atoms with van der Waals surface area (Å²) in [6, 6.07) is 6.11. The molecule has 0 N–H and O–H groups in total. The fourth-order valence-corrected chi connectivity index (χ4v) is 8.75. The third kappa shape index (κ3) is 1.91. The van der Waals surface area contributed by atoms with E-state index in [0.29, 0.717) is 34.7 Å². The van der Waals surface area contributed by atoms with Gasteiger partial charge in [0.1, 0.15) is 0 Å². The highest BCUT2D eigenvalue weighted by molar-refractivity contribution is 5.54. The summed E-state index contributed by atoms with van der Waals surface area (Å²) in [7, 11) is 2.41. The largest absolute Gasteiger partial charge is 0.299 e. The monoisotopic (exact) mass is 367 g/mol. The Bertz CT molecular complexity index is 777. The Morgan fingerprint density at radius 3 is 2.26 bits per heavy atom. The van der Waals surface area contributed by atoms with Crippen molar-refractivity contribution < 1.29 is 0 Å². The maximum atomic E-state index is 2.76. The zero-order valence-electron chi connectivity index (χ0n) is 19.4. The van der Waals surface area contributed by atoms with Gasteiger partial charge in [-0.2, -0.15) is 0 Å². The van der Waals surface area contributed by atoms with Crippen LogP contribution in [0, 0.1) is 36.5 Å². The van der Waals surface area contributed by atoms with E-state index in [-0.39, 0.29) is 5.41 Å². The summed E-state index contributed by atoms with van der Waals surface area (Å²) in [6.07, 6.45) is 2.73. The molecule has 4 rings (SSSR count). The average Bonchev–Trinajstić information content (AvgIpc) is 2.60. The Balaban J connectivity index is 2.20. The zero-order chi connectivity index (χ0) is 20.1. The first-order valence-corrected chi connectivity index (χ1v) is 11.3. The van der Waals surface area contributed by atoms with Crippen molar-refractivity contribution in [2.45, 2.75) is 98.6 Å². The summed E-state index contributed by atoms with van der Waals surface area (Å²) in [4.78, 5) is 2.76. The van der Waals surface area contributed by atoms with Gasteiger partial charge < -0.3 is 0 Å². The minimum atomic E-state index is 0.242. The van der Waals surface area contributed by atoms with Crippen LogP contribution in [0.2, 0.25) is 0 Å². The highest BCUT2D eigenvalue weighted by atomic mass is 15.2. The molecule has 1 saturated carbocycles. The normalized spacial score (nSPS) is 45.9. The SMILES string of the molecule is Cc1ccc2c(c1C)[C@]13C(C)C(C)N(C)[C@H](C2C)C1(C)CCC(C)C3(C)C. The van der Waals surface area contributed by atoms with Crippen molar-refractivity contribution in [2.75, 3.05) is 7.05 Å². The number of hydrogen-bond donors (Lipinski definition) is 0. The standard InChI is InChI=1S/C26H41N/c1-15-11-12-21-18(4)23-25(9)14-13-16(2)24(7,8)26(25,22(21)17(15)3)19(5)20(6)27(23)10/h11-12,16,18-20,23H,13-14H2,1-10H3/t16?,18?,19?,20?,23-,25?,26+/m1/s1. The van der Waals surface area contributed by atoms with Crippen molar-refractivity contribution in [2.24, 2.45) is 22.7 Å². The van der Waals surface area contributed by atoms with E-state index in [1.165, 1.54) is 18.4 Å². The fraction of sp³-hybridized carbons (Fsp3) is 0.769. The molecular weight excluding hydrogens is 326 g/mol. The number of aryl methyl sites for hydroxylation is 1. The van der Waals surface area contributed by atoms with Gasteiger partial charge in [0.2, 0.25) is 0 Å². The summed E-state index contributed by atoms with van der Waals surface area (Å²) in [6.45, 7) is 22.8. The average molecular weight is 368 g/mol. The first kappa shape index (κ1) is 19.5. The van der Waals surface area contributed by atoms with Crippen LogP contribution in [0.5, 0.6) is 0 Å². The molecule has 0 spiro atoms. The number of hydrogen-bond acceptors (Lipinski definition) is 1. The van der Waals surface area contributed by atoms with Crippen LogP contribution < -0.4 is 0 Å². The quantitative estimate of drug-likeness (QED) is 0.508. The van der Waals surface area contributed by atoms with E-state index < -0.39 is 0 Å². The molecule has 1 aliphatic heterocycles. The maximum Gasteiger partial charge on any atom is 0.0224 e. The molecular formula is C26H41N. The lowest BCUT2D eigenvalue weighted by atomic mass is 9.31. The third-order valence-corrected chi connectivity index (χ3v) is 10.5. The van der Waals surface area contributed by atoms with Crippen molar-refractivity contribution in [3.63, 3.8) is 0 Å². The summed E-state index contributed by atoms with van der Waals surface area (Å²) in [5.41, 5.74) is 7.31. The second kappa shape index (κ2) is 5.62. The number of fused-ring (bicyclic) bond motifs is 1. The van der Waals surface area contributed by atoms with E-state index >= 15 is 0 Å². The van der Waals surface area contributed by atoms with Crippen molar-refractivity contribution >= 4 is 0 Å². The van der Waals surface area contributed by atoms with E-state index in [1.807, 2.05) is 0 Å². The molecule has 3 aliphatic rings. The van der Waals surface area contributed by atoms with Gasteiger partial charge in [0.25, 0.3) is 0 Å². The Kier molecular flexibility index (Phi) is 4.06. The molecule has 27 heavy (non-hydrogen) atoms. The van der Waals surface area contributed by atoms with Crippen LogP contribution in [0.25, 0.3) is 0 Å². The van der Waals surface area contributed by atoms with Crippen LogP contribution >= 0.6 is 0 Å². The van der Waals surface area contributed by atoms with Crippen LogP contribution in [0.4, 0.5) is 0 Å². The van der Waals surface area contributed by atoms with Gasteiger partial charge in [-0.25, -0.2) is 0 Å². The molecule has 0 radical (unpaired) electrons. The van der Waals surface area contributed by atoms with Gasteiger partial charge in [-0.15, -0.1) is 0 Å². The Morgan fingerprint density at radius 1 is 1.00 bits per heavy atom. The van der Waals surface area contributed by atoms with Crippen molar-refractivity contribution in [3.05, 3.63) is 34.4 Å². The lowest BCUT2D eigenvalue weighted by molar-refractivity contribution is -0.204. The molecule has 1 saturated heterocycles. The second-order valence-electron chi connectivity index (χ2n) is 11.3. The summed E-state index contributed by atoms with van der Waals surface area (Å²) in [5.74, 6) is 2.00. The number of benzene rings is 1. The van der Waals surface area contributed by atoms with E-state index in [4.69, 9.17) is 0 Å². The summed E-state index contributed by atoms with van der Waals surface area (Å²) >= 11 is 0. The molecule has 0 aromatic heterocycles. The lowest BCUT2D eigenvalue weighted by Gasteiger charge is -2.76. The molecule has 1 heterocycles. The molecule has 0 amide bonds. The van der Waals surface area contributed by atoms with E-state index in [2.05, 4.69) is 86.4 Å². The van der Waals surface area contributed by atoms with E-state index in [0.717, 1.165) is 5.92 Å². The van der Waals surface area contributed by atoms with Crippen molar-refractivity contribution in [1.82, 2.24) is 4.90 Å². The van der Waals surface area contributed by atoms with Crippen LogP contribution in [0.3, 0.4) is 0 Å². The highest BCUT2D eigenvalue weighted by Crippen LogP contribution is 2.74. The number of rotatable bonds is 0. The first-order valence-electron chi connectivity index (χ1n) is 11.3. The Hall–Kier alpha value is -0.820. The summed E-state index contributed by atoms with van der Waals surface area (Å²) in [5, 5.41) is 0. The van der Waals surface area contributed by atoms with E-state index in [1.54, 1.807) is 16.7 Å². The van der Waals surface area contributed by atoms with Crippen LogP contribution in [0.15, 0.2) is 12.1 Å². The minimum Gasteiger partial charge on any atom is -0.299 e. The van der Waals surface area contributed by atoms with Crippen LogP contribution in [-0.4, -0.2) is 24.0 Å². The molecule has 1 aromatic carbocycles. The molecule has 5 unspecified atom stereocenters. The highest BCUT2D eigenvalue weighted by Gasteiger charge is 2.73. The molecule has 1 heteroatoms. The van der Waals surface area contributed by atoms with Gasteiger partial charge in [-0.05, 0) is 91.5 Å². The Labute approximate surface area is 167 Å². The third-order valence-electron chi connectivity index (χ3n) is 10.5. The lowest BCUT2D eigenvalue weighted by Crippen LogP contribution is -2.77. The number of piperidine rings is 1. The molecule has 1 nitrogen and oxygen atoms in total. The van der Waals surface area contributed by atoms with Gasteiger partial charge in [-0.1, -0.05) is 53.7 Å². The van der Waals surface area contributed by atoms with E-state index in [9.17, 15) is 0 Å². The molecule has 7 atom stereocenters. The van der Waals surface area contributed by atoms with Crippen molar-refractivity contribution in [1.29, 1.82) is 0 Å². The summed E-state index contributed by atoms with van der Waals surface area (Å²) < 4.78 is 0. The fourth-order valence-electron chi connectivity index (χ4n) is 8.75. The second-order valence-corrected chi connectivity index (χ2v) is 11.3. The predicted octanol–water partition coefficient (Wildman–Crippen LogP) is 6.46. The maximum absolute atomic E-state index is 2.76. The predicted molar refractivity (Wildman–Crippen MR) is 116 cm³/mol. The smallest absolute Gasteiger partial charge is 0.0224 e. The Morgan fingerprint density at radius 2 is 1.63 bits per heavy atom. The van der Waals surface area contributed by atoms with Crippen LogP contribution in [0.1, 0.15) is 89.5 Å². The van der Waals surface area contributed by atoms with Gasteiger partial charge >= 0.3 is 0 Å². The van der Waals surface area contributed by atoms with Gasteiger partial charge in [0, 0.05) is 17.5 Å². The number of nitrogens with zero attached hydrogens (tertiary/aromatic N) is 1. The van der Waals surface area contributed by atoms with Gasteiger partial charge in [0.05, 0.1) is 0 Å². The molecule has 1 aromatic rings. The van der Waals surface area contributed by atoms with Crippen molar-refractivity contribution in [3.8, 4) is 0 Å². The minimum absolute atomic E-state index is 0.242. The first-order chi connectivity index (χ1) is 12.4.